The number of benzene rings is 1. The van der Waals surface area contributed by atoms with Crippen LogP contribution in [0.3, 0.4) is 0 Å². The van der Waals surface area contributed by atoms with Gasteiger partial charge in [-0.05, 0) is 37.0 Å². The molecule has 1 aromatic carbocycles. The number of hydrogen-bond donors (Lipinski definition) is 1. The van der Waals surface area contributed by atoms with Crippen molar-refractivity contribution >= 4 is 11.6 Å². The summed E-state index contributed by atoms with van der Waals surface area (Å²) in [5.74, 6) is 0.0303. The van der Waals surface area contributed by atoms with Crippen molar-refractivity contribution in [2.45, 2.75) is 19.8 Å². The molecule has 0 radical (unpaired) electrons. The maximum Gasteiger partial charge on any atom is 0.244 e. The summed E-state index contributed by atoms with van der Waals surface area (Å²) in [5, 5.41) is 29.6. The highest BCUT2D eigenvalue weighted by atomic mass is 16.2. The third-order valence-electron chi connectivity index (χ3n) is 3.56. The highest BCUT2D eigenvalue weighted by Crippen LogP contribution is 2.45. The molecule has 0 atom stereocenters. The molecule has 1 aliphatic carbocycles. The predicted octanol–water partition coefficient (Wildman–Crippen LogP) is 2.31. The van der Waals surface area contributed by atoms with Crippen LogP contribution >= 0.6 is 0 Å². The SMILES string of the molecule is CC1CC(C#N)(C(=O)Nc2ccc(C#N)c(C#N)c2)C1. The molecule has 0 saturated heterocycles. The van der Waals surface area contributed by atoms with Crippen LogP contribution in [0.25, 0.3) is 0 Å². The highest BCUT2D eigenvalue weighted by Gasteiger charge is 2.48. The molecule has 0 aliphatic heterocycles. The Balaban J connectivity index is 2.20. The van der Waals surface area contributed by atoms with Crippen molar-refractivity contribution in [3.8, 4) is 18.2 Å². The van der Waals surface area contributed by atoms with E-state index in [2.05, 4.69) is 11.4 Å². The number of nitrogens with zero attached hydrogens (tertiary/aromatic N) is 3. The van der Waals surface area contributed by atoms with Gasteiger partial charge in [-0.15, -0.1) is 0 Å². The third-order valence-corrected chi connectivity index (χ3v) is 3.56. The van der Waals surface area contributed by atoms with E-state index in [1.54, 1.807) is 6.07 Å². The van der Waals surface area contributed by atoms with Crippen LogP contribution in [-0.2, 0) is 4.79 Å². The van der Waals surface area contributed by atoms with Gasteiger partial charge in [-0.3, -0.25) is 4.79 Å². The van der Waals surface area contributed by atoms with Crippen molar-refractivity contribution in [1.29, 1.82) is 15.8 Å². The van der Waals surface area contributed by atoms with E-state index in [1.807, 2.05) is 19.1 Å². The summed E-state index contributed by atoms with van der Waals surface area (Å²) >= 11 is 0. The molecule has 1 aliphatic rings. The van der Waals surface area contributed by atoms with E-state index in [1.165, 1.54) is 12.1 Å². The maximum absolute atomic E-state index is 12.2. The monoisotopic (exact) mass is 264 g/mol. The Labute approximate surface area is 117 Å². The first-order valence-corrected chi connectivity index (χ1v) is 6.21. The highest BCUT2D eigenvalue weighted by molar-refractivity contribution is 5.98. The fourth-order valence-corrected chi connectivity index (χ4v) is 2.52. The summed E-state index contributed by atoms with van der Waals surface area (Å²) in [6.07, 6.45) is 1.10. The van der Waals surface area contributed by atoms with Gasteiger partial charge in [0.05, 0.1) is 17.2 Å². The second-order valence-corrected chi connectivity index (χ2v) is 5.15. The molecular formula is C15H12N4O. The standard InChI is InChI=1S/C15H12N4O/c1-10-5-15(6-10,9-18)14(20)19-13-3-2-11(7-16)12(4-13)8-17/h2-4,10H,5-6H2,1H3,(H,19,20). The zero-order valence-electron chi connectivity index (χ0n) is 11.0. The van der Waals surface area contributed by atoms with E-state index >= 15 is 0 Å². The van der Waals surface area contributed by atoms with Gasteiger partial charge in [-0.25, -0.2) is 0 Å². The van der Waals surface area contributed by atoms with Gasteiger partial charge in [0.1, 0.15) is 17.6 Å². The third kappa shape index (κ3) is 2.20. The first-order chi connectivity index (χ1) is 9.54. The van der Waals surface area contributed by atoms with Gasteiger partial charge in [0.25, 0.3) is 0 Å². The van der Waals surface area contributed by atoms with E-state index in [9.17, 15) is 10.1 Å². The zero-order valence-corrected chi connectivity index (χ0v) is 11.0. The summed E-state index contributed by atoms with van der Waals surface area (Å²) in [7, 11) is 0. The molecular weight excluding hydrogens is 252 g/mol. The molecule has 98 valence electrons. The minimum absolute atomic E-state index is 0.207. The Kier molecular flexibility index (Phi) is 3.42. The van der Waals surface area contributed by atoms with Crippen LogP contribution in [0.1, 0.15) is 30.9 Å². The predicted molar refractivity (Wildman–Crippen MR) is 70.9 cm³/mol. The van der Waals surface area contributed by atoms with Gasteiger partial charge in [0, 0.05) is 5.69 Å². The van der Waals surface area contributed by atoms with Crippen molar-refractivity contribution in [2.24, 2.45) is 11.3 Å². The zero-order chi connectivity index (χ0) is 14.8. The molecule has 1 fully saturated rings. The Bertz CT molecular complexity index is 681. The number of nitriles is 3. The summed E-state index contributed by atoms with van der Waals surface area (Å²) in [6, 6.07) is 10.4. The summed E-state index contributed by atoms with van der Waals surface area (Å²) in [6.45, 7) is 2.00. The van der Waals surface area contributed by atoms with Crippen molar-refractivity contribution in [1.82, 2.24) is 0 Å². The van der Waals surface area contributed by atoms with Gasteiger partial charge in [0.15, 0.2) is 0 Å². The molecule has 5 nitrogen and oxygen atoms in total. The van der Waals surface area contributed by atoms with E-state index in [0.717, 1.165) is 0 Å². The number of carbonyl (C=O) groups is 1. The van der Waals surface area contributed by atoms with Crippen LogP contribution in [0, 0.1) is 45.3 Å². The summed E-state index contributed by atoms with van der Waals surface area (Å²) in [4.78, 5) is 12.2. The van der Waals surface area contributed by atoms with Crippen molar-refractivity contribution < 1.29 is 4.79 Å². The lowest BCUT2D eigenvalue weighted by atomic mass is 9.63. The number of hydrogen-bond acceptors (Lipinski definition) is 4. The van der Waals surface area contributed by atoms with E-state index < -0.39 is 5.41 Å². The minimum Gasteiger partial charge on any atom is -0.325 e. The molecule has 0 aromatic heterocycles. The first kappa shape index (κ1) is 13.6. The largest absolute Gasteiger partial charge is 0.325 e. The Morgan fingerprint density at radius 3 is 2.40 bits per heavy atom. The molecule has 2 rings (SSSR count). The molecule has 5 heteroatoms. The van der Waals surface area contributed by atoms with Gasteiger partial charge >= 0.3 is 0 Å². The summed E-state index contributed by atoms with van der Waals surface area (Å²) in [5.41, 5.74) is -0.0593. The summed E-state index contributed by atoms with van der Waals surface area (Å²) < 4.78 is 0. The Morgan fingerprint density at radius 1 is 1.25 bits per heavy atom. The lowest BCUT2D eigenvalue weighted by Gasteiger charge is -2.39. The molecule has 1 saturated carbocycles. The van der Waals surface area contributed by atoms with Crippen molar-refractivity contribution in [3.05, 3.63) is 29.3 Å². The number of anilines is 1. The lowest BCUT2D eigenvalue weighted by molar-refractivity contribution is -0.128. The lowest BCUT2D eigenvalue weighted by Crippen LogP contribution is -2.45. The normalized spacial score (nSPS) is 23.6. The van der Waals surface area contributed by atoms with Gasteiger partial charge in [-0.2, -0.15) is 15.8 Å². The molecule has 1 N–H and O–H groups in total. The van der Waals surface area contributed by atoms with Gasteiger partial charge in [-0.1, -0.05) is 6.92 Å². The van der Waals surface area contributed by atoms with Crippen LogP contribution in [0.15, 0.2) is 18.2 Å². The second-order valence-electron chi connectivity index (χ2n) is 5.15. The number of carbonyl (C=O) groups excluding carboxylic acids is 1. The fourth-order valence-electron chi connectivity index (χ4n) is 2.52. The first-order valence-electron chi connectivity index (χ1n) is 6.21. The van der Waals surface area contributed by atoms with Crippen LogP contribution in [0.4, 0.5) is 5.69 Å². The molecule has 0 bridgehead atoms. The second kappa shape index (κ2) is 5.03. The van der Waals surface area contributed by atoms with E-state index in [0.29, 0.717) is 24.4 Å². The molecule has 0 unspecified atom stereocenters. The molecule has 1 aromatic rings. The van der Waals surface area contributed by atoms with Gasteiger partial charge in [0.2, 0.25) is 5.91 Å². The fraction of sp³-hybridized carbons (Fsp3) is 0.333. The van der Waals surface area contributed by atoms with Crippen molar-refractivity contribution in [2.75, 3.05) is 5.32 Å². The average molecular weight is 264 g/mol. The number of nitrogens with one attached hydrogen (secondary N) is 1. The number of rotatable bonds is 2. The molecule has 0 spiro atoms. The van der Waals surface area contributed by atoms with Crippen LogP contribution < -0.4 is 5.32 Å². The van der Waals surface area contributed by atoms with Crippen LogP contribution in [-0.4, -0.2) is 5.91 Å². The maximum atomic E-state index is 12.2. The molecule has 20 heavy (non-hydrogen) atoms. The number of amides is 1. The van der Waals surface area contributed by atoms with Gasteiger partial charge < -0.3 is 5.32 Å². The smallest absolute Gasteiger partial charge is 0.244 e. The topological polar surface area (TPSA) is 100 Å². The Morgan fingerprint density at radius 2 is 1.90 bits per heavy atom. The van der Waals surface area contributed by atoms with E-state index in [4.69, 9.17) is 10.5 Å². The van der Waals surface area contributed by atoms with Crippen LogP contribution in [0.2, 0.25) is 0 Å². The van der Waals surface area contributed by atoms with Crippen LogP contribution in [0.5, 0.6) is 0 Å². The molecule has 0 heterocycles. The average Bonchev–Trinajstić information content (AvgIpc) is 2.43. The Hall–Kier alpha value is -2.84. The molecule has 1 amide bonds. The minimum atomic E-state index is -0.958. The van der Waals surface area contributed by atoms with E-state index in [-0.39, 0.29) is 17.0 Å². The van der Waals surface area contributed by atoms with Crippen molar-refractivity contribution in [3.63, 3.8) is 0 Å². The quantitative estimate of drug-likeness (QED) is 0.885.